The summed E-state index contributed by atoms with van der Waals surface area (Å²) in [6, 6.07) is 3.32. The number of benzene rings is 2. The van der Waals surface area contributed by atoms with E-state index in [1.807, 2.05) is 6.92 Å². The first-order valence-electron chi connectivity index (χ1n) is 8.71. The van der Waals surface area contributed by atoms with Gasteiger partial charge in [0.1, 0.15) is 23.6 Å². The van der Waals surface area contributed by atoms with E-state index < -0.39 is 11.4 Å². The summed E-state index contributed by atoms with van der Waals surface area (Å²) in [5, 5.41) is 20.8. The zero-order chi connectivity index (χ0) is 20.5. The second-order valence-corrected chi connectivity index (χ2v) is 7.88. The van der Waals surface area contributed by atoms with Crippen molar-refractivity contribution in [1.29, 1.82) is 0 Å². The molecular weight excluding hydrogens is 365 g/mol. The summed E-state index contributed by atoms with van der Waals surface area (Å²) in [6.45, 7) is 6.87. The molecule has 0 aromatic heterocycles. The number of carbonyl (C=O) groups excluding carboxylic acids is 1. The van der Waals surface area contributed by atoms with Gasteiger partial charge in [-0.05, 0) is 80.5 Å². The van der Waals surface area contributed by atoms with Crippen LogP contribution in [-0.2, 0) is 17.6 Å². The predicted octanol–water partition coefficient (Wildman–Crippen LogP) is 3.83. The van der Waals surface area contributed by atoms with Crippen LogP contribution in [0.4, 0.5) is 4.39 Å². The zero-order valence-corrected chi connectivity index (χ0v) is 17.0. The quantitative estimate of drug-likeness (QED) is 0.445. The number of phenolic OH excluding ortho intramolecular Hbond substituents is 2. The van der Waals surface area contributed by atoms with E-state index >= 15 is 0 Å². The molecule has 1 atom stereocenters. The van der Waals surface area contributed by atoms with Gasteiger partial charge < -0.3 is 20.7 Å². The summed E-state index contributed by atoms with van der Waals surface area (Å²) >= 11 is 4.42. The van der Waals surface area contributed by atoms with Crippen LogP contribution in [0.1, 0.15) is 39.8 Å². The Morgan fingerprint density at radius 2 is 1.56 bits per heavy atom. The third-order valence-electron chi connectivity index (χ3n) is 5.10. The normalized spacial score (nSPS) is 13.4. The van der Waals surface area contributed by atoms with Crippen molar-refractivity contribution in [2.45, 2.75) is 57.4 Å². The largest absolute Gasteiger partial charge is 0.507 e. The Bertz CT molecular complexity index is 778. The van der Waals surface area contributed by atoms with E-state index in [0.29, 0.717) is 33.4 Å². The Hall–Kier alpha value is -2.05. The van der Waals surface area contributed by atoms with Crippen molar-refractivity contribution in [3.63, 3.8) is 0 Å². The second-order valence-electron chi connectivity index (χ2n) is 7.40. The standard InChI is InChI=1S/C21H26FNO3S/c1-11-7-12(2)20(26)16(18(11)22)10-21(23,5-6-24)9-15-14(4)17(27)8-13(3)19(15)25/h6-8,25-27H,5,9-10,23H2,1-4H3. The van der Waals surface area contributed by atoms with Crippen LogP contribution in [0.5, 0.6) is 11.5 Å². The number of phenols is 2. The molecule has 0 amide bonds. The van der Waals surface area contributed by atoms with Gasteiger partial charge in [0.05, 0.1) is 0 Å². The van der Waals surface area contributed by atoms with Gasteiger partial charge in [0.2, 0.25) is 0 Å². The van der Waals surface area contributed by atoms with Crippen LogP contribution < -0.4 is 5.73 Å². The lowest BCUT2D eigenvalue weighted by molar-refractivity contribution is -0.108. The van der Waals surface area contributed by atoms with Gasteiger partial charge in [-0.1, -0.05) is 0 Å². The van der Waals surface area contributed by atoms with Crippen molar-refractivity contribution in [1.82, 2.24) is 0 Å². The minimum absolute atomic E-state index is 0.0410. The maximum absolute atomic E-state index is 14.7. The molecule has 0 bridgehead atoms. The molecule has 0 spiro atoms. The lowest BCUT2D eigenvalue weighted by Crippen LogP contribution is -2.45. The Kier molecular flexibility index (Phi) is 6.22. The lowest BCUT2D eigenvalue weighted by Gasteiger charge is -2.30. The molecule has 0 aliphatic rings. The van der Waals surface area contributed by atoms with Crippen LogP contribution in [-0.4, -0.2) is 22.0 Å². The van der Waals surface area contributed by atoms with Gasteiger partial charge in [0.15, 0.2) is 0 Å². The molecule has 0 aliphatic carbocycles. The van der Waals surface area contributed by atoms with Gasteiger partial charge >= 0.3 is 0 Å². The number of carbonyl (C=O) groups is 1. The number of thiol groups is 1. The third kappa shape index (κ3) is 4.28. The van der Waals surface area contributed by atoms with Gasteiger partial charge in [-0.3, -0.25) is 0 Å². The van der Waals surface area contributed by atoms with E-state index in [2.05, 4.69) is 12.6 Å². The summed E-state index contributed by atoms with van der Waals surface area (Å²) in [7, 11) is 0. The van der Waals surface area contributed by atoms with Crippen molar-refractivity contribution in [3.05, 3.63) is 51.3 Å². The first-order valence-corrected chi connectivity index (χ1v) is 9.16. The van der Waals surface area contributed by atoms with Crippen LogP contribution in [0.15, 0.2) is 17.0 Å². The fourth-order valence-corrected chi connectivity index (χ4v) is 3.77. The molecule has 0 radical (unpaired) electrons. The van der Waals surface area contributed by atoms with E-state index in [1.54, 1.807) is 32.9 Å². The van der Waals surface area contributed by atoms with Crippen molar-refractivity contribution >= 4 is 18.9 Å². The monoisotopic (exact) mass is 391 g/mol. The molecule has 0 aliphatic heterocycles. The molecule has 2 aromatic carbocycles. The van der Waals surface area contributed by atoms with Gasteiger partial charge in [0, 0.05) is 22.4 Å². The van der Waals surface area contributed by atoms with E-state index in [4.69, 9.17) is 5.73 Å². The highest BCUT2D eigenvalue weighted by molar-refractivity contribution is 7.80. The number of aryl methyl sites for hydroxylation is 3. The number of aromatic hydroxyl groups is 2. The van der Waals surface area contributed by atoms with Crippen LogP contribution >= 0.6 is 12.6 Å². The molecule has 4 N–H and O–H groups in total. The smallest absolute Gasteiger partial charge is 0.133 e. The van der Waals surface area contributed by atoms with Gasteiger partial charge in [0.25, 0.3) is 0 Å². The molecule has 0 heterocycles. The molecule has 1 unspecified atom stereocenters. The van der Waals surface area contributed by atoms with E-state index in [9.17, 15) is 19.4 Å². The Morgan fingerprint density at radius 3 is 2.15 bits per heavy atom. The lowest BCUT2D eigenvalue weighted by atomic mass is 9.80. The van der Waals surface area contributed by atoms with E-state index in [1.165, 1.54) is 0 Å². The van der Waals surface area contributed by atoms with Crippen LogP contribution in [0.25, 0.3) is 0 Å². The van der Waals surface area contributed by atoms with Crippen LogP contribution in [0, 0.1) is 33.5 Å². The van der Waals surface area contributed by atoms with Crippen LogP contribution in [0.2, 0.25) is 0 Å². The summed E-state index contributed by atoms with van der Waals surface area (Å²) < 4.78 is 14.7. The molecule has 2 rings (SSSR count). The van der Waals surface area contributed by atoms with Crippen molar-refractivity contribution < 1.29 is 19.4 Å². The van der Waals surface area contributed by atoms with Gasteiger partial charge in [-0.15, -0.1) is 12.6 Å². The molecule has 2 aromatic rings. The molecule has 0 fully saturated rings. The molecule has 27 heavy (non-hydrogen) atoms. The van der Waals surface area contributed by atoms with Crippen molar-refractivity contribution in [3.8, 4) is 11.5 Å². The highest BCUT2D eigenvalue weighted by Crippen LogP contribution is 2.36. The molecule has 146 valence electrons. The molecular formula is C21H26FNO3S. The minimum Gasteiger partial charge on any atom is -0.507 e. The molecule has 4 nitrogen and oxygen atoms in total. The average molecular weight is 392 g/mol. The molecule has 6 heteroatoms. The van der Waals surface area contributed by atoms with E-state index in [0.717, 1.165) is 5.56 Å². The van der Waals surface area contributed by atoms with Crippen molar-refractivity contribution in [2.75, 3.05) is 0 Å². The molecule has 0 saturated carbocycles. The average Bonchev–Trinajstić information content (AvgIpc) is 2.59. The number of aldehydes is 1. The molecule has 0 saturated heterocycles. The summed E-state index contributed by atoms with van der Waals surface area (Å²) in [6.07, 6.45) is 0.736. The predicted molar refractivity (Wildman–Crippen MR) is 107 cm³/mol. The van der Waals surface area contributed by atoms with Gasteiger partial charge in [-0.25, -0.2) is 4.39 Å². The van der Waals surface area contributed by atoms with Crippen LogP contribution in [0.3, 0.4) is 0 Å². The minimum atomic E-state index is -1.17. The topological polar surface area (TPSA) is 83.6 Å². The first-order chi connectivity index (χ1) is 12.5. The maximum atomic E-state index is 14.7. The summed E-state index contributed by atoms with van der Waals surface area (Å²) in [5.41, 5.74) is 8.36. The number of hydrogen-bond donors (Lipinski definition) is 4. The second kappa shape index (κ2) is 7.90. The number of halogens is 1. The summed E-state index contributed by atoms with van der Waals surface area (Å²) in [5.74, 6) is -0.589. The van der Waals surface area contributed by atoms with Crippen molar-refractivity contribution in [2.24, 2.45) is 5.73 Å². The number of rotatable bonds is 6. The first kappa shape index (κ1) is 21.3. The summed E-state index contributed by atoms with van der Waals surface area (Å²) in [4.78, 5) is 12.0. The SMILES string of the molecule is Cc1cc(S)c(C)c(CC(N)(CC=O)Cc2c(O)c(C)cc(C)c2F)c1O. The Morgan fingerprint density at radius 1 is 1.04 bits per heavy atom. The fraction of sp³-hybridized carbons (Fsp3) is 0.381. The van der Waals surface area contributed by atoms with Gasteiger partial charge in [-0.2, -0.15) is 0 Å². The third-order valence-corrected chi connectivity index (χ3v) is 5.57. The Balaban J connectivity index is 2.54. The number of nitrogens with two attached hydrogens (primary N) is 1. The maximum Gasteiger partial charge on any atom is 0.133 e. The Labute approximate surface area is 164 Å². The van der Waals surface area contributed by atoms with E-state index in [-0.39, 0.29) is 36.3 Å². The number of hydrogen-bond acceptors (Lipinski definition) is 5. The highest BCUT2D eigenvalue weighted by Gasteiger charge is 2.31. The zero-order valence-electron chi connectivity index (χ0n) is 16.1. The fourth-order valence-electron chi connectivity index (χ4n) is 3.44. The highest BCUT2D eigenvalue weighted by atomic mass is 32.1.